The van der Waals surface area contributed by atoms with Crippen LogP contribution in [-0.2, 0) is 4.79 Å². The maximum Gasteiger partial charge on any atom is 0.136 e. The summed E-state index contributed by atoms with van der Waals surface area (Å²) in [6.45, 7) is 4.24. The molecule has 2 heteroatoms. The molecule has 2 rings (SSSR count). The molecule has 2 nitrogen and oxygen atoms in total. The third kappa shape index (κ3) is 0.875. The minimum Gasteiger partial charge on any atom is -0.393 e. The van der Waals surface area contributed by atoms with Crippen LogP contribution in [0.15, 0.2) is 0 Å². The molecule has 12 heavy (non-hydrogen) atoms. The van der Waals surface area contributed by atoms with Gasteiger partial charge >= 0.3 is 0 Å². The van der Waals surface area contributed by atoms with Gasteiger partial charge in [-0.25, -0.2) is 0 Å². The number of hydrogen-bond donors (Lipinski definition) is 1. The predicted molar refractivity (Wildman–Crippen MR) is 45.6 cm³/mol. The van der Waals surface area contributed by atoms with Crippen molar-refractivity contribution in [2.75, 3.05) is 0 Å². The van der Waals surface area contributed by atoms with Crippen molar-refractivity contribution < 1.29 is 9.90 Å². The van der Waals surface area contributed by atoms with E-state index in [1.54, 1.807) is 0 Å². The Labute approximate surface area is 73.0 Å². The van der Waals surface area contributed by atoms with Crippen LogP contribution in [0.2, 0.25) is 0 Å². The van der Waals surface area contributed by atoms with Gasteiger partial charge in [0.1, 0.15) is 5.78 Å². The smallest absolute Gasteiger partial charge is 0.136 e. The molecule has 0 aromatic carbocycles. The molecule has 0 spiro atoms. The van der Waals surface area contributed by atoms with Crippen LogP contribution < -0.4 is 0 Å². The van der Waals surface area contributed by atoms with E-state index in [1.165, 1.54) is 0 Å². The van der Waals surface area contributed by atoms with Crippen molar-refractivity contribution in [3.8, 4) is 0 Å². The van der Waals surface area contributed by atoms with Crippen molar-refractivity contribution in [3.63, 3.8) is 0 Å². The van der Waals surface area contributed by atoms with Crippen LogP contribution in [0.4, 0.5) is 0 Å². The number of hydrogen-bond acceptors (Lipinski definition) is 2. The fourth-order valence-corrected chi connectivity index (χ4v) is 3.05. The summed E-state index contributed by atoms with van der Waals surface area (Å²) in [5.41, 5.74) is 0.0503. The Hall–Kier alpha value is -0.370. The molecule has 0 aliphatic heterocycles. The van der Waals surface area contributed by atoms with Gasteiger partial charge in [0.2, 0.25) is 0 Å². The number of fused-ring (bicyclic) bond motifs is 2. The molecule has 2 aliphatic rings. The summed E-state index contributed by atoms with van der Waals surface area (Å²) in [5.74, 6) is 0.860. The molecule has 68 valence electrons. The van der Waals surface area contributed by atoms with E-state index >= 15 is 0 Å². The van der Waals surface area contributed by atoms with Gasteiger partial charge in [0, 0.05) is 12.3 Å². The van der Waals surface area contributed by atoms with E-state index in [1.807, 2.05) is 0 Å². The van der Waals surface area contributed by atoms with Gasteiger partial charge in [-0.15, -0.1) is 0 Å². The third-order valence-electron chi connectivity index (χ3n) is 3.89. The van der Waals surface area contributed by atoms with Crippen molar-refractivity contribution >= 4 is 5.78 Å². The first-order valence-corrected chi connectivity index (χ1v) is 4.74. The highest BCUT2D eigenvalue weighted by Crippen LogP contribution is 2.53. The van der Waals surface area contributed by atoms with E-state index < -0.39 is 0 Å². The second-order valence-electron chi connectivity index (χ2n) is 4.79. The van der Waals surface area contributed by atoms with Crippen LogP contribution in [0.1, 0.15) is 33.1 Å². The Balaban J connectivity index is 2.34. The van der Waals surface area contributed by atoms with Gasteiger partial charge in [-0.3, -0.25) is 4.79 Å². The summed E-state index contributed by atoms with van der Waals surface area (Å²) in [6.07, 6.45) is 2.06. The lowest BCUT2D eigenvalue weighted by molar-refractivity contribution is -0.129. The first-order chi connectivity index (χ1) is 5.53. The summed E-state index contributed by atoms with van der Waals surface area (Å²) in [4.78, 5) is 11.5. The molecule has 3 atom stereocenters. The molecule has 0 aromatic rings. The maximum absolute atomic E-state index is 11.5. The molecule has 0 amide bonds. The number of carbonyl (C=O) groups is 1. The van der Waals surface area contributed by atoms with Gasteiger partial charge < -0.3 is 5.11 Å². The Morgan fingerprint density at radius 1 is 1.50 bits per heavy atom. The molecule has 0 saturated heterocycles. The lowest BCUT2D eigenvalue weighted by Crippen LogP contribution is -2.36. The quantitative estimate of drug-likeness (QED) is 0.593. The van der Waals surface area contributed by atoms with Crippen LogP contribution in [0, 0.1) is 17.3 Å². The largest absolute Gasteiger partial charge is 0.393 e. The highest BCUT2D eigenvalue weighted by Gasteiger charge is 2.53. The standard InChI is InChI=1S/C10H16O2/c1-10(2)6-3-4-8(11)7(10)5-9(6)12/h6-7,9,12H,3-5H2,1-2H3/t6-,7-,9+/m1/s1. The molecule has 2 saturated carbocycles. The number of aliphatic hydroxyl groups excluding tert-OH is 1. The molecule has 0 heterocycles. The Morgan fingerprint density at radius 3 is 2.75 bits per heavy atom. The van der Waals surface area contributed by atoms with E-state index in [0.29, 0.717) is 24.5 Å². The lowest BCUT2D eigenvalue weighted by atomic mass is 9.67. The zero-order valence-corrected chi connectivity index (χ0v) is 7.71. The van der Waals surface area contributed by atoms with Crippen molar-refractivity contribution in [1.29, 1.82) is 0 Å². The number of carbonyl (C=O) groups excluding carboxylic acids is 1. The topological polar surface area (TPSA) is 37.3 Å². The third-order valence-corrected chi connectivity index (χ3v) is 3.89. The molecule has 2 fully saturated rings. The van der Waals surface area contributed by atoms with Gasteiger partial charge in [-0.2, -0.15) is 0 Å². The Bertz CT molecular complexity index is 220. The monoisotopic (exact) mass is 168 g/mol. The summed E-state index contributed by atoms with van der Waals surface area (Å²) in [6, 6.07) is 0. The maximum atomic E-state index is 11.5. The van der Waals surface area contributed by atoms with Crippen LogP contribution in [-0.4, -0.2) is 17.0 Å². The zero-order valence-electron chi connectivity index (χ0n) is 7.71. The van der Waals surface area contributed by atoms with Gasteiger partial charge in [0.15, 0.2) is 0 Å². The molecule has 0 unspecified atom stereocenters. The normalized spacial score (nSPS) is 44.9. The number of rotatable bonds is 0. The molecule has 0 aromatic heterocycles. The van der Waals surface area contributed by atoms with E-state index in [2.05, 4.69) is 13.8 Å². The zero-order chi connectivity index (χ0) is 8.93. The minimum atomic E-state index is -0.226. The average Bonchev–Trinajstić information content (AvgIpc) is 2.14. The van der Waals surface area contributed by atoms with E-state index in [4.69, 9.17) is 0 Å². The predicted octanol–water partition coefficient (Wildman–Crippen LogP) is 1.37. The second kappa shape index (κ2) is 2.32. The fourth-order valence-electron chi connectivity index (χ4n) is 3.05. The van der Waals surface area contributed by atoms with Crippen LogP contribution in [0.5, 0.6) is 0 Å². The average molecular weight is 168 g/mol. The van der Waals surface area contributed by atoms with Gasteiger partial charge in [0.05, 0.1) is 6.10 Å². The first kappa shape index (κ1) is 8.24. The highest BCUT2D eigenvalue weighted by atomic mass is 16.3. The van der Waals surface area contributed by atoms with E-state index in [-0.39, 0.29) is 17.4 Å². The fraction of sp³-hybridized carbons (Fsp3) is 0.900. The first-order valence-electron chi connectivity index (χ1n) is 4.74. The van der Waals surface area contributed by atoms with Crippen LogP contribution in [0.25, 0.3) is 0 Å². The van der Waals surface area contributed by atoms with Gasteiger partial charge in [-0.05, 0) is 24.2 Å². The SMILES string of the molecule is CC1(C)[C@@H]2C[C@H](O)[C@H]1CCC2=O. The Morgan fingerprint density at radius 2 is 2.17 bits per heavy atom. The Kier molecular flexibility index (Phi) is 1.59. The van der Waals surface area contributed by atoms with Gasteiger partial charge in [0.25, 0.3) is 0 Å². The molecule has 0 radical (unpaired) electrons. The van der Waals surface area contributed by atoms with Crippen molar-refractivity contribution in [3.05, 3.63) is 0 Å². The summed E-state index contributed by atoms with van der Waals surface area (Å²) in [7, 11) is 0. The molecular weight excluding hydrogens is 152 g/mol. The number of Topliss-reactive ketones (excluding diaryl/α,β-unsaturated/α-hetero) is 1. The second-order valence-corrected chi connectivity index (χ2v) is 4.79. The molecule has 2 bridgehead atoms. The van der Waals surface area contributed by atoms with Gasteiger partial charge in [-0.1, -0.05) is 13.8 Å². The summed E-state index contributed by atoms with van der Waals surface area (Å²) >= 11 is 0. The van der Waals surface area contributed by atoms with Crippen LogP contribution >= 0.6 is 0 Å². The number of aliphatic hydroxyl groups is 1. The van der Waals surface area contributed by atoms with Crippen molar-refractivity contribution in [2.24, 2.45) is 17.3 Å². The minimum absolute atomic E-state index is 0.0503. The van der Waals surface area contributed by atoms with Crippen molar-refractivity contribution in [1.82, 2.24) is 0 Å². The van der Waals surface area contributed by atoms with E-state index in [0.717, 1.165) is 6.42 Å². The highest BCUT2D eigenvalue weighted by molar-refractivity contribution is 5.83. The molecule has 2 aliphatic carbocycles. The number of ketones is 1. The van der Waals surface area contributed by atoms with Crippen LogP contribution in [0.3, 0.4) is 0 Å². The molecule has 1 N–H and O–H groups in total. The molecular formula is C10H16O2. The summed E-state index contributed by atoms with van der Waals surface area (Å²) in [5, 5.41) is 9.70. The van der Waals surface area contributed by atoms with Crippen molar-refractivity contribution in [2.45, 2.75) is 39.2 Å². The summed E-state index contributed by atoms with van der Waals surface area (Å²) < 4.78 is 0. The lowest BCUT2D eigenvalue weighted by Gasteiger charge is -2.36. The van der Waals surface area contributed by atoms with E-state index in [9.17, 15) is 9.90 Å².